The van der Waals surface area contributed by atoms with Crippen molar-refractivity contribution in [2.45, 2.75) is 31.7 Å². The Hall–Kier alpha value is -2.43. The van der Waals surface area contributed by atoms with Crippen LogP contribution in [0.25, 0.3) is 0 Å². The molecule has 4 rings (SSSR count). The number of likely N-dealkylation sites (tertiary alicyclic amines) is 1. The predicted molar refractivity (Wildman–Crippen MR) is 99.4 cm³/mol. The molecule has 136 valence electrons. The number of hydrogen-bond acceptors (Lipinski definition) is 3. The van der Waals surface area contributed by atoms with Gasteiger partial charge in [0.25, 0.3) is 0 Å². The van der Waals surface area contributed by atoms with Crippen molar-refractivity contribution in [1.82, 2.24) is 9.88 Å². The van der Waals surface area contributed by atoms with E-state index in [2.05, 4.69) is 22.0 Å². The average molecular weight is 353 g/mol. The lowest BCUT2D eigenvalue weighted by atomic mass is 9.83. The second-order valence-corrected chi connectivity index (χ2v) is 7.23. The lowest BCUT2D eigenvalue weighted by Crippen LogP contribution is -2.56. The van der Waals surface area contributed by atoms with Gasteiger partial charge in [0.2, 0.25) is 5.91 Å². The molecular weight excluding hydrogens is 329 g/mol. The number of anilines is 1. The standard InChI is InChI=1S/C21H24FN3O/c22-18-7-4-12-23-21(18)24-13-11-19-17(15-24)8-9-20(26)25(19)14-10-16-5-2-1-3-6-16/h1-7,12,17,19H,8-11,13-15H2/t17-,19+/m0/s1. The van der Waals surface area contributed by atoms with Gasteiger partial charge in [-0.1, -0.05) is 30.3 Å². The van der Waals surface area contributed by atoms with Crippen LogP contribution in [0.4, 0.5) is 10.2 Å². The van der Waals surface area contributed by atoms with Gasteiger partial charge in [-0.05, 0) is 42.9 Å². The normalized spacial score (nSPS) is 23.0. The number of halogens is 1. The van der Waals surface area contributed by atoms with Gasteiger partial charge in [0, 0.05) is 38.3 Å². The van der Waals surface area contributed by atoms with Gasteiger partial charge in [0.1, 0.15) is 0 Å². The number of hydrogen-bond donors (Lipinski definition) is 0. The number of nitrogens with zero attached hydrogens (tertiary/aromatic N) is 3. The fourth-order valence-electron chi connectivity index (χ4n) is 4.34. The zero-order valence-electron chi connectivity index (χ0n) is 14.9. The number of rotatable bonds is 4. The van der Waals surface area contributed by atoms with Crippen LogP contribution in [0.15, 0.2) is 48.7 Å². The van der Waals surface area contributed by atoms with E-state index in [9.17, 15) is 9.18 Å². The molecule has 0 unspecified atom stereocenters. The summed E-state index contributed by atoms with van der Waals surface area (Å²) < 4.78 is 14.1. The minimum Gasteiger partial charge on any atom is -0.354 e. The molecule has 0 saturated carbocycles. The molecule has 26 heavy (non-hydrogen) atoms. The smallest absolute Gasteiger partial charge is 0.222 e. The van der Waals surface area contributed by atoms with Crippen LogP contribution < -0.4 is 4.90 Å². The molecule has 2 aliphatic heterocycles. The first-order valence-electron chi connectivity index (χ1n) is 9.41. The molecule has 2 aromatic rings. The number of piperidine rings is 2. The Kier molecular flexibility index (Phi) is 4.87. The van der Waals surface area contributed by atoms with E-state index in [-0.39, 0.29) is 17.8 Å². The van der Waals surface area contributed by atoms with Crippen molar-refractivity contribution in [3.63, 3.8) is 0 Å². The highest BCUT2D eigenvalue weighted by atomic mass is 19.1. The summed E-state index contributed by atoms with van der Waals surface area (Å²) in [6, 6.07) is 13.7. The lowest BCUT2D eigenvalue weighted by Gasteiger charge is -2.47. The molecule has 2 atom stereocenters. The van der Waals surface area contributed by atoms with Crippen molar-refractivity contribution < 1.29 is 9.18 Å². The Balaban J connectivity index is 1.44. The van der Waals surface area contributed by atoms with E-state index in [1.165, 1.54) is 11.6 Å². The van der Waals surface area contributed by atoms with Crippen LogP contribution in [0.5, 0.6) is 0 Å². The third-order valence-electron chi connectivity index (χ3n) is 5.67. The van der Waals surface area contributed by atoms with E-state index in [1.807, 2.05) is 23.1 Å². The zero-order chi connectivity index (χ0) is 17.9. The Morgan fingerprint density at radius 2 is 1.96 bits per heavy atom. The fraction of sp³-hybridized carbons (Fsp3) is 0.429. The summed E-state index contributed by atoms with van der Waals surface area (Å²) in [5.74, 6) is 0.829. The molecule has 4 nitrogen and oxygen atoms in total. The molecule has 2 aliphatic rings. The van der Waals surface area contributed by atoms with Gasteiger partial charge in [-0.2, -0.15) is 0 Å². The summed E-state index contributed by atoms with van der Waals surface area (Å²) in [5, 5.41) is 0. The Labute approximate surface area is 153 Å². The van der Waals surface area contributed by atoms with E-state index in [1.54, 1.807) is 12.3 Å². The summed E-state index contributed by atoms with van der Waals surface area (Å²) in [5.41, 5.74) is 1.26. The monoisotopic (exact) mass is 353 g/mol. The maximum Gasteiger partial charge on any atom is 0.222 e. The second-order valence-electron chi connectivity index (χ2n) is 7.23. The molecule has 1 aromatic heterocycles. The summed E-state index contributed by atoms with van der Waals surface area (Å²) in [4.78, 5) is 20.9. The first-order chi connectivity index (χ1) is 12.7. The van der Waals surface area contributed by atoms with Crippen LogP contribution in [0, 0.1) is 11.7 Å². The molecular formula is C21H24FN3O. The molecule has 0 radical (unpaired) electrons. The molecule has 0 bridgehead atoms. The van der Waals surface area contributed by atoms with Gasteiger partial charge >= 0.3 is 0 Å². The average Bonchev–Trinajstić information content (AvgIpc) is 2.68. The number of benzene rings is 1. The lowest BCUT2D eigenvalue weighted by molar-refractivity contribution is -0.139. The molecule has 0 N–H and O–H groups in total. The third-order valence-corrected chi connectivity index (χ3v) is 5.67. The van der Waals surface area contributed by atoms with Crippen LogP contribution >= 0.6 is 0 Å². The first-order valence-corrected chi connectivity index (χ1v) is 9.41. The van der Waals surface area contributed by atoms with Crippen molar-refractivity contribution in [1.29, 1.82) is 0 Å². The number of pyridine rings is 1. The van der Waals surface area contributed by atoms with Gasteiger partial charge < -0.3 is 9.80 Å². The topological polar surface area (TPSA) is 36.4 Å². The van der Waals surface area contributed by atoms with Crippen LogP contribution in [0.3, 0.4) is 0 Å². The zero-order valence-corrected chi connectivity index (χ0v) is 14.9. The molecule has 5 heteroatoms. The summed E-state index contributed by atoms with van der Waals surface area (Å²) in [7, 11) is 0. The van der Waals surface area contributed by atoms with Crippen LogP contribution in [0.1, 0.15) is 24.8 Å². The summed E-state index contributed by atoms with van der Waals surface area (Å²) >= 11 is 0. The van der Waals surface area contributed by atoms with E-state index >= 15 is 0 Å². The number of carbonyl (C=O) groups is 1. The van der Waals surface area contributed by atoms with Gasteiger partial charge in [0.05, 0.1) is 0 Å². The Bertz CT molecular complexity index is 767. The molecule has 0 aliphatic carbocycles. The van der Waals surface area contributed by atoms with Gasteiger partial charge in [0.15, 0.2) is 11.6 Å². The van der Waals surface area contributed by atoms with E-state index in [0.29, 0.717) is 18.2 Å². The first kappa shape index (κ1) is 17.0. The molecule has 1 aromatic carbocycles. The largest absolute Gasteiger partial charge is 0.354 e. The summed E-state index contributed by atoms with van der Waals surface area (Å²) in [6.07, 6.45) is 4.88. The molecule has 3 heterocycles. The van der Waals surface area contributed by atoms with Gasteiger partial charge in [-0.3, -0.25) is 4.79 Å². The number of fused-ring (bicyclic) bond motifs is 1. The van der Waals surface area contributed by atoms with Crippen molar-refractivity contribution in [3.05, 3.63) is 60.0 Å². The van der Waals surface area contributed by atoms with E-state index < -0.39 is 0 Å². The van der Waals surface area contributed by atoms with E-state index in [0.717, 1.165) is 38.9 Å². The maximum atomic E-state index is 14.1. The fourth-order valence-corrected chi connectivity index (χ4v) is 4.34. The minimum absolute atomic E-state index is 0.264. The van der Waals surface area contributed by atoms with Gasteiger partial charge in [-0.15, -0.1) is 0 Å². The minimum atomic E-state index is -0.265. The van der Waals surface area contributed by atoms with Crippen LogP contribution in [0.2, 0.25) is 0 Å². The van der Waals surface area contributed by atoms with Gasteiger partial charge in [-0.25, -0.2) is 9.37 Å². The third kappa shape index (κ3) is 3.43. The quantitative estimate of drug-likeness (QED) is 0.846. The maximum absolute atomic E-state index is 14.1. The SMILES string of the molecule is O=C1CC[C@H]2CN(c3ncccc3F)CC[C@H]2N1CCc1ccccc1. The number of amides is 1. The van der Waals surface area contributed by atoms with E-state index in [4.69, 9.17) is 0 Å². The predicted octanol–water partition coefficient (Wildman–Crippen LogP) is 3.28. The van der Waals surface area contributed by atoms with Crippen molar-refractivity contribution in [3.8, 4) is 0 Å². The summed E-state index contributed by atoms with van der Waals surface area (Å²) in [6.45, 7) is 2.28. The highest BCUT2D eigenvalue weighted by Gasteiger charge is 2.39. The molecule has 2 saturated heterocycles. The molecule has 0 spiro atoms. The molecule has 1 amide bonds. The highest BCUT2D eigenvalue weighted by Crippen LogP contribution is 2.33. The molecule has 2 fully saturated rings. The Morgan fingerprint density at radius 3 is 2.77 bits per heavy atom. The number of aromatic nitrogens is 1. The van der Waals surface area contributed by atoms with Crippen molar-refractivity contribution in [2.24, 2.45) is 5.92 Å². The Morgan fingerprint density at radius 1 is 1.12 bits per heavy atom. The second kappa shape index (κ2) is 7.44. The number of carbonyl (C=O) groups excluding carboxylic acids is 1. The van der Waals surface area contributed by atoms with Crippen molar-refractivity contribution in [2.75, 3.05) is 24.5 Å². The van der Waals surface area contributed by atoms with Crippen LogP contribution in [-0.2, 0) is 11.2 Å². The van der Waals surface area contributed by atoms with Crippen molar-refractivity contribution >= 4 is 11.7 Å². The van der Waals surface area contributed by atoms with Crippen LogP contribution in [-0.4, -0.2) is 41.5 Å². The highest BCUT2D eigenvalue weighted by molar-refractivity contribution is 5.77.